The van der Waals surface area contributed by atoms with Crippen molar-refractivity contribution < 1.29 is 4.92 Å². The van der Waals surface area contributed by atoms with E-state index in [1.54, 1.807) is 30.3 Å². The smallest absolute Gasteiger partial charge is 0.293 e. The molecule has 1 aromatic heterocycles. The Morgan fingerprint density at radius 1 is 1.24 bits per heavy atom. The lowest BCUT2D eigenvalue weighted by molar-refractivity contribution is -0.384. The van der Waals surface area contributed by atoms with Crippen LogP contribution in [0, 0.1) is 14.9 Å². The van der Waals surface area contributed by atoms with Gasteiger partial charge < -0.3 is 4.90 Å². The van der Waals surface area contributed by atoms with Gasteiger partial charge in [0.05, 0.1) is 11.1 Å². The molecule has 0 bridgehead atoms. The summed E-state index contributed by atoms with van der Waals surface area (Å²) >= 11 is 5.25. The summed E-state index contributed by atoms with van der Waals surface area (Å²) in [4.78, 5) is 13.1. The Kier molecular flexibility index (Phi) is 5.60. The van der Waals surface area contributed by atoms with E-state index in [0.29, 0.717) is 21.8 Å². The molecule has 0 radical (unpaired) electrons. The number of hydrogen-bond acceptors (Lipinski definition) is 6. The predicted octanol–water partition coefficient (Wildman–Crippen LogP) is 4.80. The van der Waals surface area contributed by atoms with Crippen LogP contribution in [0.1, 0.15) is 32.2 Å². The Hall–Kier alpha value is -3.33. The van der Waals surface area contributed by atoms with E-state index in [1.807, 2.05) is 51.1 Å². The maximum Gasteiger partial charge on any atom is 0.293 e. The first-order chi connectivity index (χ1) is 13.7. The zero-order chi connectivity index (χ0) is 21.2. The van der Waals surface area contributed by atoms with Crippen molar-refractivity contribution in [3.8, 4) is 0 Å². The second-order valence-electron chi connectivity index (χ2n) is 7.56. The highest BCUT2D eigenvalue weighted by Gasteiger charge is 2.22. The third-order valence-corrected chi connectivity index (χ3v) is 4.61. The minimum Gasteiger partial charge on any atom is -0.339 e. The van der Waals surface area contributed by atoms with Crippen LogP contribution in [0.3, 0.4) is 0 Å². The van der Waals surface area contributed by atoms with Gasteiger partial charge in [-0.3, -0.25) is 15.2 Å². The summed E-state index contributed by atoms with van der Waals surface area (Å²) in [7, 11) is 1.80. The highest BCUT2D eigenvalue weighted by Crippen LogP contribution is 2.32. The highest BCUT2D eigenvalue weighted by molar-refractivity contribution is 7.71. The van der Waals surface area contributed by atoms with Crippen LogP contribution in [-0.2, 0) is 5.41 Å². The average molecular weight is 411 g/mol. The van der Waals surface area contributed by atoms with Gasteiger partial charge in [0.2, 0.25) is 4.77 Å². The number of nitro groups is 1. The SMILES string of the molecule is CN(c1ccccc1)c1ccc(/C=N\n2c(C(C)(C)C)n[nH]c2=S)cc1[N+](=O)[O-]. The second kappa shape index (κ2) is 7.96. The normalized spacial score (nSPS) is 11.7. The second-order valence-corrected chi connectivity index (χ2v) is 7.95. The number of nitro benzene ring substituents is 1. The Labute approximate surface area is 173 Å². The van der Waals surface area contributed by atoms with Crippen molar-refractivity contribution in [2.45, 2.75) is 26.2 Å². The first-order valence-electron chi connectivity index (χ1n) is 8.98. The fourth-order valence-electron chi connectivity index (χ4n) is 2.85. The molecule has 0 aliphatic heterocycles. The van der Waals surface area contributed by atoms with Crippen molar-refractivity contribution in [3.63, 3.8) is 0 Å². The van der Waals surface area contributed by atoms with Gasteiger partial charge in [-0.05, 0) is 30.4 Å². The molecule has 1 N–H and O–H groups in total. The van der Waals surface area contributed by atoms with E-state index in [9.17, 15) is 10.1 Å². The number of anilines is 2. The first-order valence-corrected chi connectivity index (χ1v) is 9.39. The zero-order valence-corrected chi connectivity index (χ0v) is 17.5. The summed E-state index contributed by atoms with van der Waals surface area (Å²) in [6, 6.07) is 14.5. The minimum atomic E-state index is -0.393. The topological polar surface area (TPSA) is 92.3 Å². The third kappa shape index (κ3) is 4.40. The van der Waals surface area contributed by atoms with Crippen LogP contribution in [0.15, 0.2) is 53.6 Å². The number of aromatic amines is 1. The molecule has 3 rings (SSSR count). The van der Waals surface area contributed by atoms with Gasteiger partial charge >= 0.3 is 0 Å². The monoisotopic (exact) mass is 410 g/mol. The number of H-pyrrole nitrogens is 1. The van der Waals surface area contributed by atoms with E-state index in [2.05, 4.69) is 15.3 Å². The number of nitrogens with one attached hydrogen (secondary N) is 1. The molecule has 0 spiro atoms. The molecule has 0 aliphatic rings. The lowest BCUT2D eigenvalue weighted by Crippen LogP contribution is -2.17. The molecule has 3 aromatic rings. The minimum absolute atomic E-state index is 0.00728. The molecule has 150 valence electrons. The molecule has 8 nitrogen and oxygen atoms in total. The maximum atomic E-state index is 11.7. The fraction of sp³-hybridized carbons (Fsp3) is 0.250. The van der Waals surface area contributed by atoms with E-state index in [1.165, 1.54) is 10.7 Å². The van der Waals surface area contributed by atoms with Crippen LogP contribution < -0.4 is 4.90 Å². The van der Waals surface area contributed by atoms with E-state index < -0.39 is 4.92 Å². The van der Waals surface area contributed by atoms with E-state index >= 15 is 0 Å². The molecule has 2 aromatic carbocycles. The summed E-state index contributed by atoms with van der Waals surface area (Å²) < 4.78 is 1.90. The number of benzene rings is 2. The molecule has 0 unspecified atom stereocenters. The van der Waals surface area contributed by atoms with Gasteiger partial charge in [0.25, 0.3) is 5.69 Å². The number of hydrogen-bond donors (Lipinski definition) is 1. The number of aromatic nitrogens is 3. The van der Waals surface area contributed by atoms with Crippen molar-refractivity contribution >= 4 is 35.5 Å². The van der Waals surface area contributed by atoms with Crippen molar-refractivity contribution in [3.05, 3.63) is 74.8 Å². The van der Waals surface area contributed by atoms with Crippen molar-refractivity contribution in [2.24, 2.45) is 5.10 Å². The van der Waals surface area contributed by atoms with Gasteiger partial charge in [-0.2, -0.15) is 14.9 Å². The van der Waals surface area contributed by atoms with E-state index in [-0.39, 0.29) is 11.1 Å². The molecular weight excluding hydrogens is 388 g/mol. The molecule has 0 atom stereocenters. The summed E-state index contributed by atoms with van der Waals surface area (Å²) in [6.45, 7) is 6.01. The third-order valence-electron chi connectivity index (χ3n) is 4.34. The molecular formula is C20H22N6O2S. The van der Waals surface area contributed by atoms with Crippen LogP contribution in [0.4, 0.5) is 17.1 Å². The highest BCUT2D eigenvalue weighted by atomic mass is 32.1. The molecule has 29 heavy (non-hydrogen) atoms. The average Bonchev–Trinajstić information content (AvgIpc) is 3.07. The van der Waals surface area contributed by atoms with E-state index in [0.717, 1.165) is 5.69 Å². The Morgan fingerprint density at radius 3 is 2.55 bits per heavy atom. The quantitative estimate of drug-likeness (QED) is 0.282. The fourth-order valence-corrected chi connectivity index (χ4v) is 3.03. The van der Waals surface area contributed by atoms with Crippen LogP contribution in [0.2, 0.25) is 0 Å². The largest absolute Gasteiger partial charge is 0.339 e. The van der Waals surface area contributed by atoms with Crippen LogP contribution in [-0.4, -0.2) is 33.1 Å². The van der Waals surface area contributed by atoms with Crippen LogP contribution >= 0.6 is 12.2 Å². The van der Waals surface area contributed by atoms with Gasteiger partial charge in [0, 0.05) is 29.8 Å². The lowest BCUT2D eigenvalue weighted by atomic mass is 9.96. The maximum absolute atomic E-state index is 11.7. The standard InChI is InChI=1S/C20H22N6O2S/c1-20(2,3)18-22-23-19(29)25(18)21-13-14-10-11-16(17(12-14)26(27)28)24(4)15-8-6-5-7-9-15/h5-13H,1-4H3,(H,23,29)/b21-13-. The molecule has 0 amide bonds. The van der Waals surface area contributed by atoms with Crippen molar-refractivity contribution in [1.29, 1.82) is 0 Å². The van der Waals surface area contributed by atoms with Gasteiger partial charge in [0.1, 0.15) is 5.69 Å². The number of nitrogens with zero attached hydrogens (tertiary/aromatic N) is 5. The van der Waals surface area contributed by atoms with Gasteiger partial charge in [0.15, 0.2) is 5.82 Å². The van der Waals surface area contributed by atoms with Gasteiger partial charge in [-0.1, -0.05) is 45.0 Å². The Morgan fingerprint density at radius 2 is 1.93 bits per heavy atom. The predicted molar refractivity (Wildman–Crippen MR) is 117 cm³/mol. The van der Waals surface area contributed by atoms with Crippen LogP contribution in [0.5, 0.6) is 0 Å². The number of rotatable bonds is 5. The van der Waals surface area contributed by atoms with Crippen molar-refractivity contribution in [1.82, 2.24) is 14.9 Å². The molecule has 1 heterocycles. The first kappa shape index (κ1) is 20.4. The number of para-hydroxylation sites is 1. The summed E-state index contributed by atoms with van der Waals surface area (Å²) in [5.41, 5.74) is 1.67. The van der Waals surface area contributed by atoms with Gasteiger partial charge in [-0.25, -0.2) is 0 Å². The Bertz CT molecular complexity index is 1110. The lowest BCUT2D eigenvalue weighted by Gasteiger charge is -2.19. The van der Waals surface area contributed by atoms with Crippen LogP contribution in [0.25, 0.3) is 0 Å². The Balaban J connectivity index is 1.98. The summed E-state index contributed by atoms with van der Waals surface area (Å²) in [5.74, 6) is 0.675. The zero-order valence-electron chi connectivity index (χ0n) is 16.7. The van der Waals surface area contributed by atoms with Gasteiger partial charge in [-0.15, -0.1) is 0 Å². The molecule has 0 fully saturated rings. The van der Waals surface area contributed by atoms with Crippen molar-refractivity contribution in [2.75, 3.05) is 11.9 Å². The molecule has 0 saturated heterocycles. The molecule has 0 saturated carbocycles. The molecule has 9 heteroatoms. The summed E-state index contributed by atoms with van der Waals surface area (Å²) in [5, 5.41) is 23.0. The van der Waals surface area contributed by atoms with E-state index in [4.69, 9.17) is 12.2 Å². The molecule has 0 aliphatic carbocycles. The summed E-state index contributed by atoms with van der Waals surface area (Å²) in [6.07, 6.45) is 1.54.